The molecule has 2 atom stereocenters. The zero-order chi connectivity index (χ0) is 19.6. The Hall–Kier alpha value is -1.58. The molecule has 10 heteroatoms. The lowest BCUT2D eigenvalue weighted by atomic mass is 10.00. The molecule has 0 saturated carbocycles. The quantitative estimate of drug-likeness (QED) is 0.767. The van der Waals surface area contributed by atoms with E-state index in [4.69, 9.17) is 17.0 Å². The van der Waals surface area contributed by atoms with E-state index in [0.717, 1.165) is 16.1 Å². The number of amidine groups is 1. The maximum absolute atomic E-state index is 12.8. The summed E-state index contributed by atoms with van der Waals surface area (Å²) >= 11 is 8.14. The fourth-order valence-electron chi connectivity index (χ4n) is 3.45. The largest absolute Gasteiger partial charge is 0.362 e. The van der Waals surface area contributed by atoms with Crippen molar-refractivity contribution in [3.8, 4) is 0 Å². The van der Waals surface area contributed by atoms with Crippen LogP contribution in [0.4, 0.5) is 0 Å². The number of thioether (sulfide) groups is 1. The van der Waals surface area contributed by atoms with Crippen molar-refractivity contribution in [2.45, 2.75) is 42.7 Å². The average Bonchev–Trinajstić information content (AvgIpc) is 3.18. The van der Waals surface area contributed by atoms with Crippen LogP contribution in [0.25, 0.3) is 5.65 Å². The number of hydrogen-bond donors (Lipinski definition) is 2. The molecule has 1 fully saturated rings. The van der Waals surface area contributed by atoms with E-state index in [9.17, 15) is 8.42 Å². The number of allylic oxidation sites excluding steroid dienone is 1. The summed E-state index contributed by atoms with van der Waals surface area (Å²) < 4.78 is 26.2. The minimum atomic E-state index is -3.50. The fourth-order valence-corrected chi connectivity index (χ4v) is 7.24. The predicted octanol–water partition coefficient (Wildman–Crippen LogP) is 2.89. The van der Waals surface area contributed by atoms with Crippen molar-refractivity contribution in [2.75, 3.05) is 5.75 Å². The Kier molecular flexibility index (Phi) is 4.14. The molecule has 2 aromatic heterocycles. The van der Waals surface area contributed by atoms with Crippen LogP contribution in [0.2, 0.25) is 0 Å². The molecular formula is C17H20ClN5O2S2. The zero-order valence-corrected chi connectivity index (χ0v) is 17.5. The highest BCUT2D eigenvalue weighted by atomic mass is 35.5. The van der Waals surface area contributed by atoms with Crippen LogP contribution in [0.1, 0.15) is 38.0 Å². The molecule has 0 radical (unpaired) electrons. The van der Waals surface area contributed by atoms with Crippen LogP contribution in [0.3, 0.4) is 0 Å². The highest BCUT2D eigenvalue weighted by molar-refractivity contribution is 8.03. The van der Waals surface area contributed by atoms with Crippen molar-refractivity contribution in [3.05, 3.63) is 40.2 Å². The third kappa shape index (κ3) is 2.87. The van der Waals surface area contributed by atoms with E-state index in [-0.39, 0.29) is 16.8 Å². The maximum Gasteiger partial charge on any atom is 0.165 e. The molecule has 2 aliphatic heterocycles. The van der Waals surface area contributed by atoms with Gasteiger partial charge in [-0.15, -0.1) is 22.0 Å². The molecule has 2 aromatic rings. The van der Waals surface area contributed by atoms with Gasteiger partial charge in [-0.3, -0.25) is 9.81 Å². The molecule has 2 N–H and O–H groups in total. The van der Waals surface area contributed by atoms with Gasteiger partial charge in [0.1, 0.15) is 16.9 Å². The van der Waals surface area contributed by atoms with E-state index in [1.165, 1.54) is 0 Å². The highest BCUT2D eigenvalue weighted by Gasteiger charge is 2.52. The van der Waals surface area contributed by atoms with Crippen LogP contribution < -0.4 is 5.32 Å². The first kappa shape index (κ1) is 18.8. The van der Waals surface area contributed by atoms with E-state index in [2.05, 4.69) is 15.5 Å². The van der Waals surface area contributed by atoms with Gasteiger partial charge < -0.3 is 5.32 Å². The second kappa shape index (κ2) is 5.96. The van der Waals surface area contributed by atoms with E-state index in [1.54, 1.807) is 31.9 Å². The van der Waals surface area contributed by atoms with Gasteiger partial charge in [0.05, 0.1) is 11.3 Å². The Morgan fingerprint density at radius 2 is 2.11 bits per heavy atom. The normalized spacial score (nSPS) is 29.9. The summed E-state index contributed by atoms with van der Waals surface area (Å²) in [5, 5.41) is 20.0. The summed E-state index contributed by atoms with van der Waals surface area (Å²) in [6, 6.07) is 3.89. The van der Waals surface area contributed by atoms with Crippen molar-refractivity contribution in [2.24, 2.45) is 0 Å². The molecule has 7 nitrogen and oxygen atoms in total. The molecule has 0 aliphatic carbocycles. The Morgan fingerprint density at radius 1 is 1.37 bits per heavy atom. The molecule has 0 amide bonds. The summed E-state index contributed by atoms with van der Waals surface area (Å²) in [5.74, 6) is -0.0892. The van der Waals surface area contributed by atoms with Gasteiger partial charge in [0.25, 0.3) is 0 Å². The number of aromatic nitrogens is 3. The van der Waals surface area contributed by atoms with Gasteiger partial charge in [-0.2, -0.15) is 0 Å². The second-order valence-electron chi connectivity index (χ2n) is 7.70. The molecule has 0 bridgehead atoms. The van der Waals surface area contributed by atoms with Crippen LogP contribution in [-0.2, 0) is 9.84 Å². The number of halogens is 1. The van der Waals surface area contributed by atoms with E-state index >= 15 is 0 Å². The van der Waals surface area contributed by atoms with E-state index in [0.29, 0.717) is 11.5 Å². The number of nitrogens with one attached hydrogen (secondary N) is 2. The predicted molar refractivity (Wildman–Crippen MR) is 108 cm³/mol. The first-order valence-corrected chi connectivity index (χ1v) is 11.4. The lowest BCUT2D eigenvalue weighted by molar-refractivity contribution is 0.493. The van der Waals surface area contributed by atoms with Crippen LogP contribution in [0.15, 0.2) is 34.6 Å². The minimum Gasteiger partial charge on any atom is -0.362 e. The summed E-state index contributed by atoms with van der Waals surface area (Å²) in [4.78, 5) is 0.793. The second-order valence-corrected chi connectivity index (χ2v) is 11.9. The number of pyridine rings is 1. The summed E-state index contributed by atoms with van der Waals surface area (Å²) in [6.07, 6.45) is 4.23. The van der Waals surface area contributed by atoms with Gasteiger partial charge in [-0.05, 0) is 32.4 Å². The molecule has 27 heavy (non-hydrogen) atoms. The van der Waals surface area contributed by atoms with Crippen molar-refractivity contribution in [1.29, 1.82) is 5.41 Å². The van der Waals surface area contributed by atoms with Gasteiger partial charge in [0, 0.05) is 27.8 Å². The van der Waals surface area contributed by atoms with Gasteiger partial charge >= 0.3 is 0 Å². The lowest BCUT2D eigenvalue weighted by Gasteiger charge is -2.43. The summed E-state index contributed by atoms with van der Waals surface area (Å²) in [7, 11) is -3.50. The average molecular weight is 426 g/mol. The standard InChI is InChI=1S/C17H20ClN5O2S2/c1-16(2)15(19)21-17(3,8-27(16,24)25)14-11(18)6-12(26-14)10-4-5-13-22-20-9-23(13)7-10/h4-5,7,9,12H,6,8H2,1-3H3,(H2,19,21)/t12?,17-/m0/s1. The number of fused-ring (bicyclic) bond motifs is 1. The molecule has 0 aromatic carbocycles. The number of sulfone groups is 1. The van der Waals surface area contributed by atoms with E-state index < -0.39 is 20.1 Å². The first-order valence-electron chi connectivity index (χ1n) is 8.48. The monoisotopic (exact) mass is 425 g/mol. The molecule has 4 heterocycles. The summed E-state index contributed by atoms with van der Waals surface area (Å²) in [6.45, 7) is 4.93. The van der Waals surface area contributed by atoms with Gasteiger partial charge in [0.15, 0.2) is 15.5 Å². The van der Waals surface area contributed by atoms with E-state index in [1.807, 2.05) is 29.7 Å². The lowest BCUT2D eigenvalue weighted by Crippen LogP contribution is -2.65. The Bertz CT molecular complexity index is 1090. The molecule has 2 aliphatic rings. The molecule has 4 rings (SSSR count). The molecule has 144 valence electrons. The minimum absolute atomic E-state index is 0.00294. The van der Waals surface area contributed by atoms with Crippen LogP contribution >= 0.6 is 23.4 Å². The number of hydrogen-bond acceptors (Lipinski definition) is 6. The van der Waals surface area contributed by atoms with Crippen LogP contribution in [0.5, 0.6) is 0 Å². The third-order valence-corrected chi connectivity index (χ3v) is 10.1. The number of rotatable bonds is 2. The maximum atomic E-state index is 12.8. The molecule has 1 unspecified atom stereocenters. The summed E-state index contributed by atoms with van der Waals surface area (Å²) in [5.41, 5.74) is 0.935. The Morgan fingerprint density at radius 3 is 2.81 bits per heavy atom. The van der Waals surface area contributed by atoms with Crippen molar-refractivity contribution in [3.63, 3.8) is 0 Å². The van der Waals surface area contributed by atoms with Crippen LogP contribution in [0, 0.1) is 5.41 Å². The van der Waals surface area contributed by atoms with Crippen molar-refractivity contribution in [1.82, 2.24) is 19.9 Å². The van der Waals surface area contributed by atoms with Crippen molar-refractivity contribution < 1.29 is 8.42 Å². The zero-order valence-electron chi connectivity index (χ0n) is 15.2. The highest BCUT2D eigenvalue weighted by Crippen LogP contribution is 2.53. The Labute approximate surface area is 167 Å². The molecule has 0 spiro atoms. The Balaban J connectivity index is 1.64. The van der Waals surface area contributed by atoms with Gasteiger partial charge in [0.2, 0.25) is 0 Å². The van der Waals surface area contributed by atoms with Crippen LogP contribution in [-0.4, -0.2) is 44.9 Å². The smallest absolute Gasteiger partial charge is 0.165 e. The first-order chi connectivity index (χ1) is 12.5. The van der Waals surface area contributed by atoms with Gasteiger partial charge in [-0.25, -0.2) is 8.42 Å². The molecule has 1 saturated heterocycles. The third-order valence-electron chi connectivity index (χ3n) is 5.32. The fraction of sp³-hybridized carbons (Fsp3) is 0.471. The van der Waals surface area contributed by atoms with Gasteiger partial charge in [-0.1, -0.05) is 17.7 Å². The van der Waals surface area contributed by atoms with Crippen molar-refractivity contribution >= 4 is 44.7 Å². The molecular weight excluding hydrogens is 406 g/mol. The topological polar surface area (TPSA) is 100 Å². The SMILES string of the molecule is CC1(C)C(=N)N[C@](C)(C2=C(Cl)CC(c3ccc4nncn4c3)S2)CS1(=O)=O. The number of nitrogens with zero attached hydrogens (tertiary/aromatic N) is 3.